The molecule has 1 saturated heterocycles. The van der Waals surface area contributed by atoms with Crippen molar-refractivity contribution in [3.05, 3.63) is 42.0 Å². The molecule has 0 saturated carbocycles. The fraction of sp³-hybridized carbons (Fsp3) is 0.462. The fourth-order valence-electron chi connectivity index (χ4n) is 2.29. The molecule has 0 amide bonds. The predicted molar refractivity (Wildman–Crippen MR) is 69.3 cm³/mol. The van der Waals surface area contributed by atoms with Gasteiger partial charge in [0.1, 0.15) is 11.9 Å². The standard InChI is InChI=1S/C13H17N5O/c1-10-15-3-2-12(17-10)13-8-18(4-5-19-13)7-11-6-14-9-16-11/h2-3,6,9,13H,4-5,7-8H2,1H3,(H,14,16)/t13-/m0/s1. The number of aromatic nitrogens is 4. The Hall–Kier alpha value is -1.79. The van der Waals surface area contributed by atoms with Crippen molar-refractivity contribution in [3.8, 4) is 0 Å². The Labute approximate surface area is 111 Å². The molecule has 3 rings (SSSR count). The van der Waals surface area contributed by atoms with Crippen LogP contribution in [-0.4, -0.2) is 44.5 Å². The van der Waals surface area contributed by atoms with E-state index < -0.39 is 0 Å². The topological polar surface area (TPSA) is 66.9 Å². The lowest BCUT2D eigenvalue weighted by atomic mass is 10.2. The third-order valence-corrected chi connectivity index (χ3v) is 3.23. The minimum atomic E-state index is 0.0263. The van der Waals surface area contributed by atoms with Crippen molar-refractivity contribution in [2.24, 2.45) is 0 Å². The number of rotatable bonds is 3. The second-order valence-electron chi connectivity index (χ2n) is 4.70. The number of H-pyrrole nitrogens is 1. The summed E-state index contributed by atoms with van der Waals surface area (Å²) in [5.41, 5.74) is 2.08. The van der Waals surface area contributed by atoms with E-state index in [9.17, 15) is 0 Å². The molecule has 2 aromatic rings. The van der Waals surface area contributed by atoms with Crippen molar-refractivity contribution in [2.75, 3.05) is 19.7 Å². The summed E-state index contributed by atoms with van der Waals surface area (Å²) in [4.78, 5) is 18.1. The number of morpholine rings is 1. The number of hydrogen-bond acceptors (Lipinski definition) is 5. The first kappa shape index (κ1) is 12.3. The summed E-state index contributed by atoms with van der Waals surface area (Å²) in [5, 5.41) is 0. The summed E-state index contributed by atoms with van der Waals surface area (Å²) in [6.45, 7) is 5.26. The van der Waals surface area contributed by atoms with E-state index in [0.29, 0.717) is 0 Å². The van der Waals surface area contributed by atoms with Crippen LogP contribution in [0, 0.1) is 6.92 Å². The normalized spacial score (nSPS) is 20.6. The molecule has 19 heavy (non-hydrogen) atoms. The first-order valence-corrected chi connectivity index (χ1v) is 6.42. The molecule has 0 unspecified atom stereocenters. The minimum Gasteiger partial charge on any atom is -0.369 e. The SMILES string of the molecule is Cc1nccc([C@@H]2CN(Cc3cnc[nH]3)CCO2)n1. The second-order valence-corrected chi connectivity index (χ2v) is 4.70. The van der Waals surface area contributed by atoms with Crippen LogP contribution >= 0.6 is 0 Å². The molecule has 0 bridgehead atoms. The molecule has 6 nitrogen and oxygen atoms in total. The van der Waals surface area contributed by atoms with Crippen LogP contribution in [0.2, 0.25) is 0 Å². The molecule has 0 aliphatic carbocycles. The molecule has 2 aromatic heterocycles. The third kappa shape index (κ3) is 2.97. The van der Waals surface area contributed by atoms with E-state index in [2.05, 4.69) is 24.8 Å². The average Bonchev–Trinajstić information content (AvgIpc) is 2.92. The van der Waals surface area contributed by atoms with Crippen LogP contribution in [0.25, 0.3) is 0 Å². The lowest BCUT2D eigenvalue weighted by molar-refractivity contribution is -0.0354. The average molecular weight is 259 g/mol. The number of aromatic amines is 1. The first-order valence-electron chi connectivity index (χ1n) is 6.42. The van der Waals surface area contributed by atoms with Crippen LogP contribution in [0.5, 0.6) is 0 Å². The Morgan fingerprint density at radius 2 is 2.47 bits per heavy atom. The van der Waals surface area contributed by atoms with Crippen LogP contribution in [0.4, 0.5) is 0 Å². The number of ether oxygens (including phenoxy) is 1. The van der Waals surface area contributed by atoms with Gasteiger partial charge in [0, 0.05) is 37.7 Å². The van der Waals surface area contributed by atoms with Gasteiger partial charge >= 0.3 is 0 Å². The van der Waals surface area contributed by atoms with Gasteiger partial charge in [-0.05, 0) is 13.0 Å². The highest BCUT2D eigenvalue weighted by Gasteiger charge is 2.23. The number of nitrogens with one attached hydrogen (secondary N) is 1. The monoisotopic (exact) mass is 259 g/mol. The van der Waals surface area contributed by atoms with Gasteiger partial charge in [0.15, 0.2) is 0 Å². The number of hydrogen-bond donors (Lipinski definition) is 1. The predicted octanol–water partition coefficient (Wildman–Crippen LogP) is 1.08. The number of imidazole rings is 1. The molecule has 1 aliphatic heterocycles. The third-order valence-electron chi connectivity index (χ3n) is 3.23. The minimum absolute atomic E-state index is 0.0263. The molecule has 1 aliphatic rings. The van der Waals surface area contributed by atoms with E-state index >= 15 is 0 Å². The van der Waals surface area contributed by atoms with Gasteiger partial charge in [-0.1, -0.05) is 0 Å². The maximum Gasteiger partial charge on any atom is 0.125 e. The molecular weight excluding hydrogens is 242 g/mol. The highest BCUT2D eigenvalue weighted by atomic mass is 16.5. The van der Waals surface area contributed by atoms with Crippen molar-refractivity contribution in [1.29, 1.82) is 0 Å². The van der Waals surface area contributed by atoms with Gasteiger partial charge < -0.3 is 9.72 Å². The van der Waals surface area contributed by atoms with Gasteiger partial charge in [-0.2, -0.15) is 0 Å². The van der Waals surface area contributed by atoms with Crippen molar-refractivity contribution < 1.29 is 4.74 Å². The Morgan fingerprint density at radius 3 is 3.26 bits per heavy atom. The van der Waals surface area contributed by atoms with E-state index in [-0.39, 0.29) is 6.10 Å². The van der Waals surface area contributed by atoms with Gasteiger partial charge in [0.25, 0.3) is 0 Å². The smallest absolute Gasteiger partial charge is 0.125 e. The molecule has 1 N–H and O–H groups in total. The van der Waals surface area contributed by atoms with Crippen LogP contribution in [0.1, 0.15) is 23.3 Å². The molecule has 0 radical (unpaired) electrons. The molecular formula is C13H17N5O. The zero-order valence-electron chi connectivity index (χ0n) is 10.9. The van der Waals surface area contributed by atoms with Crippen molar-refractivity contribution in [1.82, 2.24) is 24.8 Å². The Morgan fingerprint density at radius 1 is 1.53 bits per heavy atom. The molecule has 1 atom stereocenters. The molecule has 0 aromatic carbocycles. The molecule has 0 spiro atoms. The second kappa shape index (κ2) is 5.46. The van der Waals surface area contributed by atoms with E-state index in [1.807, 2.05) is 19.2 Å². The lowest BCUT2D eigenvalue weighted by Crippen LogP contribution is -2.38. The van der Waals surface area contributed by atoms with Crippen molar-refractivity contribution >= 4 is 0 Å². The quantitative estimate of drug-likeness (QED) is 0.893. The highest BCUT2D eigenvalue weighted by Crippen LogP contribution is 2.21. The largest absolute Gasteiger partial charge is 0.369 e. The van der Waals surface area contributed by atoms with Crippen LogP contribution < -0.4 is 0 Å². The summed E-state index contributed by atoms with van der Waals surface area (Å²) in [6.07, 6.45) is 5.38. The Kier molecular flexibility index (Phi) is 3.52. The molecule has 1 fully saturated rings. The van der Waals surface area contributed by atoms with Crippen LogP contribution in [0.15, 0.2) is 24.8 Å². The zero-order valence-corrected chi connectivity index (χ0v) is 10.9. The van der Waals surface area contributed by atoms with Gasteiger partial charge in [-0.15, -0.1) is 0 Å². The summed E-state index contributed by atoms with van der Waals surface area (Å²) in [6, 6.07) is 1.93. The van der Waals surface area contributed by atoms with E-state index in [0.717, 1.165) is 43.5 Å². The molecule has 6 heteroatoms. The van der Waals surface area contributed by atoms with Gasteiger partial charge in [0.2, 0.25) is 0 Å². The van der Waals surface area contributed by atoms with Crippen molar-refractivity contribution in [3.63, 3.8) is 0 Å². The molecule has 100 valence electrons. The van der Waals surface area contributed by atoms with Crippen LogP contribution in [-0.2, 0) is 11.3 Å². The number of aryl methyl sites for hydroxylation is 1. The van der Waals surface area contributed by atoms with E-state index in [1.165, 1.54) is 0 Å². The van der Waals surface area contributed by atoms with E-state index in [4.69, 9.17) is 4.74 Å². The Balaban J connectivity index is 1.67. The maximum atomic E-state index is 5.81. The Bertz CT molecular complexity index is 528. The number of nitrogens with zero attached hydrogens (tertiary/aromatic N) is 4. The fourth-order valence-corrected chi connectivity index (χ4v) is 2.29. The zero-order chi connectivity index (χ0) is 13.1. The summed E-state index contributed by atoms with van der Waals surface area (Å²) in [5.74, 6) is 0.784. The van der Waals surface area contributed by atoms with Gasteiger partial charge in [-0.25, -0.2) is 15.0 Å². The summed E-state index contributed by atoms with van der Waals surface area (Å²) >= 11 is 0. The van der Waals surface area contributed by atoms with Gasteiger partial charge in [-0.3, -0.25) is 4.90 Å². The first-order chi connectivity index (χ1) is 9.31. The van der Waals surface area contributed by atoms with Crippen molar-refractivity contribution in [2.45, 2.75) is 19.6 Å². The summed E-state index contributed by atoms with van der Waals surface area (Å²) < 4.78 is 5.81. The van der Waals surface area contributed by atoms with Crippen LogP contribution in [0.3, 0.4) is 0 Å². The highest BCUT2D eigenvalue weighted by molar-refractivity contribution is 5.07. The summed E-state index contributed by atoms with van der Waals surface area (Å²) in [7, 11) is 0. The maximum absolute atomic E-state index is 5.81. The van der Waals surface area contributed by atoms with E-state index in [1.54, 1.807) is 12.5 Å². The molecule has 3 heterocycles. The van der Waals surface area contributed by atoms with Gasteiger partial charge in [0.05, 0.1) is 18.6 Å². The lowest BCUT2D eigenvalue weighted by Gasteiger charge is -2.32.